The highest BCUT2D eigenvalue weighted by molar-refractivity contribution is 6.12. The fraction of sp³-hybridized carbons (Fsp3) is 0.286. The van der Waals surface area contributed by atoms with Crippen LogP contribution in [0.2, 0.25) is 0 Å². The predicted octanol–water partition coefficient (Wildman–Crippen LogP) is 4.71. The molecule has 1 aromatic carbocycles. The zero-order valence-electron chi connectivity index (χ0n) is 15.8. The average molecular weight is 362 g/mol. The van der Waals surface area contributed by atoms with Crippen LogP contribution in [0.4, 0.5) is 11.5 Å². The van der Waals surface area contributed by atoms with Crippen molar-refractivity contribution in [1.82, 2.24) is 10.2 Å². The van der Waals surface area contributed by atoms with Gasteiger partial charge in [-0.25, -0.2) is 4.99 Å². The highest BCUT2D eigenvalue weighted by atomic mass is 16.3. The van der Waals surface area contributed by atoms with E-state index in [4.69, 9.17) is 4.42 Å². The molecule has 138 valence electrons. The minimum atomic E-state index is -0.399. The molecule has 27 heavy (non-hydrogen) atoms. The van der Waals surface area contributed by atoms with Crippen molar-refractivity contribution in [3.8, 4) is 11.3 Å². The van der Waals surface area contributed by atoms with Crippen LogP contribution >= 0.6 is 0 Å². The minimum Gasteiger partial charge on any atom is -0.465 e. The molecule has 2 aromatic heterocycles. The van der Waals surface area contributed by atoms with Gasteiger partial charge in [0.2, 0.25) is 5.91 Å². The molecule has 1 atom stereocenters. The number of furan rings is 1. The van der Waals surface area contributed by atoms with E-state index in [1.54, 1.807) is 6.21 Å². The Labute approximate surface area is 157 Å². The molecule has 1 aliphatic heterocycles. The molecule has 1 aliphatic rings. The number of carbonyl (C=O) groups is 1. The number of hydrogen-bond donors (Lipinski definition) is 2. The van der Waals surface area contributed by atoms with Crippen molar-refractivity contribution in [1.29, 1.82) is 0 Å². The Kier molecular flexibility index (Phi) is 3.98. The van der Waals surface area contributed by atoms with Crippen molar-refractivity contribution < 1.29 is 9.21 Å². The van der Waals surface area contributed by atoms with Crippen molar-refractivity contribution in [2.45, 2.75) is 39.0 Å². The lowest BCUT2D eigenvalue weighted by molar-refractivity contribution is -0.115. The Bertz CT molecular complexity index is 1040. The lowest BCUT2D eigenvalue weighted by Crippen LogP contribution is -2.12. The second kappa shape index (κ2) is 6.23. The third-order valence-electron chi connectivity index (χ3n) is 4.70. The number of aromatic nitrogens is 2. The number of carbonyl (C=O) groups excluding carboxylic acids is 1. The lowest BCUT2D eigenvalue weighted by atomic mass is 9.93. The van der Waals surface area contributed by atoms with Crippen LogP contribution < -0.4 is 5.32 Å². The molecule has 6 nitrogen and oxygen atoms in total. The van der Waals surface area contributed by atoms with E-state index in [0.29, 0.717) is 5.82 Å². The number of aliphatic imine (C=N–C) groups is 1. The SMILES string of the molecule is Cc1oc(C(C)(C)C)cc1-c1cc(N=CC2C(=O)Nc3ccccc32)n[nH]1. The van der Waals surface area contributed by atoms with Gasteiger partial charge < -0.3 is 9.73 Å². The van der Waals surface area contributed by atoms with Crippen LogP contribution in [0.1, 0.15) is 43.8 Å². The fourth-order valence-corrected chi connectivity index (χ4v) is 3.17. The molecule has 3 aromatic rings. The molecule has 1 amide bonds. The second-order valence-corrected chi connectivity index (χ2v) is 7.80. The summed E-state index contributed by atoms with van der Waals surface area (Å²) >= 11 is 0. The van der Waals surface area contributed by atoms with Crippen molar-refractivity contribution in [2.75, 3.05) is 5.32 Å². The van der Waals surface area contributed by atoms with Crippen molar-refractivity contribution in [2.24, 2.45) is 4.99 Å². The molecule has 0 saturated heterocycles. The van der Waals surface area contributed by atoms with Gasteiger partial charge in [0.1, 0.15) is 17.4 Å². The number of amides is 1. The molecule has 0 radical (unpaired) electrons. The van der Waals surface area contributed by atoms with Gasteiger partial charge >= 0.3 is 0 Å². The molecular formula is C21H22N4O2. The lowest BCUT2D eigenvalue weighted by Gasteiger charge is -2.13. The van der Waals surface area contributed by atoms with Gasteiger partial charge in [0.15, 0.2) is 5.82 Å². The van der Waals surface area contributed by atoms with Gasteiger partial charge in [-0.3, -0.25) is 9.89 Å². The number of para-hydroxylation sites is 1. The van der Waals surface area contributed by atoms with E-state index >= 15 is 0 Å². The number of fused-ring (bicyclic) bond motifs is 1. The number of aryl methyl sites for hydroxylation is 1. The molecule has 2 N–H and O–H groups in total. The van der Waals surface area contributed by atoms with Crippen LogP contribution in [0.25, 0.3) is 11.3 Å². The van der Waals surface area contributed by atoms with E-state index in [-0.39, 0.29) is 11.3 Å². The number of rotatable bonds is 3. The quantitative estimate of drug-likeness (QED) is 0.662. The van der Waals surface area contributed by atoms with E-state index in [1.165, 1.54) is 0 Å². The molecule has 0 spiro atoms. The van der Waals surface area contributed by atoms with E-state index in [0.717, 1.165) is 34.0 Å². The Morgan fingerprint density at radius 3 is 2.74 bits per heavy atom. The summed E-state index contributed by atoms with van der Waals surface area (Å²) in [6.07, 6.45) is 1.64. The first-order chi connectivity index (χ1) is 12.8. The van der Waals surface area contributed by atoms with E-state index in [1.807, 2.05) is 43.3 Å². The van der Waals surface area contributed by atoms with Crippen LogP contribution in [0, 0.1) is 6.92 Å². The molecule has 0 aliphatic carbocycles. The van der Waals surface area contributed by atoms with Crippen LogP contribution in [-0.4, -0.2) is 22.3 Å². The van der Waals surface area contributed by atoms with Gasteiger partial charge in [-0.15, -0.1) is 0 Å². The minimum absolute atomic E-state index is 0.0623. The average Bonchev–Trinajstić information content (AvgIpc) is 3.29. The first-order valence-corrected chi connectivity index (χ1v) is 8.93. The van der Waals surface area contributed by atoms with Crippen LogP contribution in [0.5, 0.6) is 0 Å². The van der Waals surface area contributed by atoms with Crippen molar-refractivity contribution in [3.05, 3.63) is 53.5 Å². The number of anilines is 1. The Morgan fingerprint density at radius 1 is 1.22 bits per heavy atom. The first kappa shape index (κ1) is 17.3. The van der Waals surface area contributed by atoms with Gasteiger partial charge in [0, 0.05) is 28.9 Å². The molecule has 0 bridgehead atoms. The van der Waals surface area contributed by atoms with Gasteiger partial charge in [0.25, 0.3) is 0 Å². The Hall–Kier alpha value is -3.15. The van der Waals surface area contributed by atoms with Gasteiger partial charge in [0.05, 0.1) is 5.69 Å². The molecule has 6 heteroatoms. The van der Waals surface area contributed by atoms with Gasteiger partial charge in [-0.2, -0.15) is 5.10 Å². The topological polar surface area (TPSA) is 83.3 Å². The highest BCUT2D eigenvalue weighted by Gasteiger charge is 2.28. The number of aromatic amines is 1. The van der Waals surface area contributed by atoms with Gasteiger partial charge in [-0.05, 0) is 24.6 Å². The molecule has 3 heterocycles. The number of hydrogen-bond acceptors (Lipinski definition) is 4. The number of nitrogens with zero attached hydrogens (tertiary/aromatic N) is 2. The molecular weight excluding hydrogens is 340 g/mol. The Balaban J connectivity index is 1.58. The molecule has 1 unspecified atom stereocenters. The van der Waals surface area contributed by atoms with Crippen molar-refractivity contribution in [3.63, 3.8) is 0 Å². The highest BCUT2D eigenvalue weighted by Crippen LogP contribution is 2.34. The summed E-state index contributed by atoms with van der Waals surface area (Å²) in [5.41, 5.74) is 3.52. The first-order valence-electron chi connectivity index (χ1n) is 8.93. The molecule has 4 rings (SSSR count). The standard InChI is InChI=1S/C21H22N4O2/c1-12-14(9-18(27-12)21(2,3)4)17-10-19(25-24-17)22-11-15-13-7-5-6-8-16(13)23-20(15)26/h5-11,15H,1-4H3,(H,23,26)(H,24,25). The summed E-state index contributed by atoms with van der Waals surface area (Å²) in [4.78, 5) is 16.6. The van der Waals surface area contributed by atoms with E-state index in [9.17, 15) is 4.79 Å². The zero-order chi connectivity index (χ0) is 19.2. The summed E-state index contributed by atoms with van der Waals surface area (Å²) in [5, 5.41) is 10.1. The van der Waals surface area contributed by atoms with Crippen LogP contribution in [-0.2, 0) is 10.2 Å². The summed E-state index contributed by atoms with van der Waals surface area (Å²) < 4.78 is 5.90. The Morgan fingerprint density at radius 2 is 2.00 bits per heavy atom. The monoisotopic (exact) mass is 362 g/mol. The summed E-state index contributed by atoms with van der Waals surface area (Å²) in [7, 11) is 0. The molecule has 0 saturated carbocycles. The van der Waals surface area contributed by atoms with Gasteiger partial charge in [-0.1, -0.05) is 39.0 Å². The molecule has 0 fully saturated rings. The maximum absolute atomic E-state index is 12.2. The van der Waals surface area contributed by atoms with Crippen molar-refractivity contribution >= 4 is 23.6 Å². The summed E-state index contributed by atoms with van der Waals surface area (Å²) in [6, 6.07) is 11.5. The number of benzene rings is 1. The van der Waals surface area contributed by atoms with Crippen LogP contribution in [0.15, 0.2) is 45.8 Å². The van der Waals surface area contributed by atoms with Crippen LogP contribution in [0.3, 0.4) is 0 Å². The summed E-state index contributed by atoms with van der Waals surface area (Å²) in [5.74, 6) is 1.82. The smallest absolute Gasteiger partial charge is 0.237 e. The predicted molar refractivity (Wildman–Crippen MR) is 106 cm³/mol. The third kappa shape index (κ3) is 3.18. The maximum atomic E-state index is 12.2. The van der Waals surface area contributed by atoms with E-state index < -0.39 is 5.92 Å². The van der Waals surface area contributed by atoms with E-state index in [2.05, 4.69) is 41.3 Å². The normalized spacial score (nSPS) is 16.7. The largest absolute Gasteiger partial charge is 0.465 e. The maximum Gasteiger partial charge on any atom is 0.237 e. The fourth-order valence-electron chi connectivity index (χ4n) is 3.17. The number of H-pyrrole nitrogens is 1. The zero-order valence-corrected chi connectivity index (χ0v) is 15.8. The second-order valence-electron chi connectivity index (χ2n) is 7.80. The summed E-state index contributed by atoms with van der Waals surface area (Å²) in [6.45, 7) is 8.28. The third-order valence-corrected chi connectivity index (χ3v) is 4.70. The number of nitrogens with one attached hydrogen (secondary N) is 2.